The molecule has 1 aliphatic rings. The molecule has 0 unspecified atom stereocenters. The number of aromatic nitrogens is 3. The van der Waals surface area contributed by atoms with Gasteiger partial charge in [-0.15, -0.1) is 5.10 Å². The maximum Gasteiger partial charge on any atom is 0.232 e. The fourth-order valence-corrected chi connectivity index (χ4v) is 3.49. The highest BCUT2D eigenvalue weighted by atomic mass is 16.5. The van der Waals surface area contributed by atoms with Crippen LogP contribution in [0.1, 0.15) is 31.2 Å². The first kappa shape index (κ1) is 16.8. The first-order chi connectivity index (χ1) is 12.6. The van der Waals surface area contributed by atoms with Crippen LogP contribution in [0.4, 0.5) is 0 Å². The molecule has 0 bridgehead atoms. The van der Waals surface area contributed by atoms with Crippen LogP contribution in [-0.2, 0) is 0 Å². The Labute approximate surface area is 152 Å². The van der Waals surface area contributed by atoms with E-state index in [1.165, 1.54) is 0 Å². The van der Waals surface area contributed by atoms with Crippen LogP contribution in [0.25, 0.3) is 16.9 Å². The van der Waals surface area contributed by atoms with E-state index >= 15 is 0 Å². The molecule has 2 heterocycles. The number of aryl methyl sites for hydroxylation is 1. The summed E-state index contributed by atoms with van der Waals surface area (Å²) in [5.74, 6) is 1.42. The summed E-state index contributed by atoms with van der Waals surface area (Å²) in [6, 6.07) is 9.74. The quantitative estimate of drug-likeness (QED) is 0.778. The van der Waals surface area contributed by atoms with Crippen molar-refractivity contribution >= 4 is 5.65 Å². The highest BCUT2D eigenvalue weighted by Gasteiger charge is 2.21. The predicted octanol–water partition coefficient (Wildman–Crippen LogP) is 3.40. The van der Waals surface area contributed by atoms with Crippen LogP contribution in [0.2, 0.25) is 0 Å². The van der Waals surface area contributed by atoms with Crippen LogP contribution < -0.4 is 9.47 Å². The molecule has 0 spiro atoms. The average Bonchev–Trinajstić information content (AvgIpc) is 3.06. The van der Waals surface area contributed by atoms with Crippen LogP contribution >= 0.6 is 0 Å². The van der Waals surface area contributed by atoms with Crippen LogP contribution in [-0.4, -0.2) is 39.0 Å². The Kier molecular flexibility index (Phi) is 4.51. The van der Waals surface area contributed by atoms with E-state index in [4.69, 9.17) is 9.47 Å². The molecular weight excluding hydrogens is 330 g/mol. The fraction of sp³-hybridized carbons (Fsp3) is 0.400. The first-order valence-electron chi connectivity index (χ1n) is 8.98. The maximum absolute atomic E-state index is 9.64. The van der Waals surface area contributed by atoms with Crippen molar-refractivity contribution in [3.8, 4) is 22.9 Å². The lowest BCUT2D eigenvalue weighted by atomic mass is 9.95. The van der Waals surface area contributed by atoms with Crippen LogP contribution in [0.15, 0.2) is 36.5 Å². The predicted molar refractivity (Wildman–Crippen MR) is 98.6 cm³/mol. The van der Waals surface area contributed by atoms with Gasteiger partial charge in [0.05, 0.1) is 25.1 Å². The van der Waals surface area contributed by atoms with Crippen molar-refractivity contribution in [3.05, 3.63) is 42.1 Å². The Morgan fingerprint density at radius 1 is 1.12 bits per heavy atom. The molecule has 0 amide bonds. The zero-order valence-corrected chi connectivity index (χ0v) is 15.1. The molecule has 0 aliphatic heterocycles. The van der Waals surface area contributed by atoms with E-state index in [0.717, 1.165) is 53.9 Å². The summed E-state index contributed by atoms with van der Waals surface area (Å²) in [5.41, 5.74) is 3.86. The van der Waals surface area contributed by atoms with Gasteiger partial charge in [-0.2, -0.15) is 0 Å². The number of hydrogen-bond donors (Lipinski definition) is 1. The number of rotatable bonds is 4. The molecule has 2 aromatic heterocycles. The van der Waals surface area contributed by atoms with Gasteiger partial charge in [0.15, 0.2) is 5.65 Å². The van der Waals surface area contributed by atoms with Gasteiger partial charge in [0.2, 0.25) is 5.88 Å². The van der Waals surface area contributed by atoms with Gasteiger partial charge >= 0.3 is 0 Å². The topological polar surface area (TPSA) is 68.9 Å². The third-order valence-corrected chi connectivity index (χ3v) is 4.98. The number of nitrogens with zero attached hydrogens (tertiary/aromatic N) is 3. The molecule has 0 radical (unpaired) electrons. The lowest BCUT2D eigenvalue weighted by molar-refractivity contribution is 0.0637. The van der Waals surface area contributed by atoms with E-state index < -0.39 is 0 Å². The molecule has 0 atom stereocenters. The third kappa shape index (κ3) is 3.24. The molecular formula is C20H23N3O3. The Morgan fingerprint density at radius 3 is 2.65 bits per heavy atom. The lowest BCUT2D eigenvalue weighted by Crippen LogP contribution is -2.26. The largest absolute Gasteiger partial charge is 0.497 e. The molecule has 136 valence electrons. The molecule has 1 aliphatic carbocycles. The number of aliphatic hydroxyl groups is 1. The van der Waals surface area contributed by atoms with Crippen molar-refractivity contribution in [2.45, 2.75) is 44.8 Å². The normalized spacial score (nSPS) is 20.3. The van der Waals surface area contributed by atoms with Gasteiger partial charge in [0.1, 0.15) is 11.9 Å². The molecule has 1 fully saturated rings. The van der Waals surface area contributed by atoms with E-state index in [2.05, 4.69) is 10.1 Å². The van der Waals surface area contributed by atoms with Crippen molar-refractivity contribution < 1.29 is 14.6 Å². The fourth-order valence-electron chi connectivity index (χ4n) is 3.49. The van der Waals surface area contributed by atoms with Crippen molar-refractivity contribution in [1.29, 1.82) is 0 Å². The second-order valence-electron chi connectivity index (χ2n) is 6.81. The third-order valence-electron chi connectivity index (χ3n) is 4.98. The Hall–Kier alpha value is -2.60. The monoisotopic (exact) mass is 353 g/mol. The lowest BCUT2D eigenvalue weighted by Gasteiger charge is -2.25. The van der Waals surface area contributed by atoms with E-state index in [1.807, 2.05) is 48.0 Å². The SMILES string of the molecule is COc1ccc(-c2cnc3ccc(O[C@H]4CC[C@H](O)CC4)nn23)c(C)c1. The number of ether oxygens (including phenoxy) is 2. The molecule has 1 N–H and O–H groups in total. The summed E-state index contributed by atoms with van der Waals surface area (Å²) >= 11 is 0. The molecule has 4 rings (SSSR count). The van der Waals surface area contributed by atoms with Gasteiger partial charge in [0, 0.05) is 11.6 Å². The average molecular weight is 353 g/mol. The smallest absolute Gasteiger partial charge is 0.232 e. The summed E-state index contributed by atoms with van der Waals surface area (Å²) in [6.45, 7) is 2.05. The Balaban J connectivity index is 1.64. The summed E-state index contributed by atoms with van der Waals surface area (Å²) in [7, 11) is 1.66. The minimum atomic E-state index is -0.191. The number of hydrogen-bond acceptors (Lipinski definition) is 5. The molecule has 6 heteroatoms. The van der Waals surface area contributed by atoms with Gasteiger partial charge in [-0.25, -0.2) is 9.50 Å². The summed E-state index contributed by atoms with van der Waals surface area (Å²) in [4.78, 5) is 4.46. The van der Waals surface area contributed by atoms with Crippen LogP contribution in [0.3, 0.4) is 0 Å². The first-order valence-corrected chi connectivity index (χ1v) is 8.98. The van der Waals surface area contributed by atoms with Gasteiger partial charge < -0.3 is 14.6 Å². The van der Waals surface area contributed by atoms with Crippen LogP contribution in [0, 0.1) is 6.92 Å². The number of imidazole rings is 1. The minimum Gasteiger partial charge on any atom is -0.497 e. The molecule has 0 saturated heterocycles. The molecule has 1 saturated carbocycles. The molecule has 6 nitrogen and oxygen atoms in total. The van der Waals surface area contributed by atoms with Gasteiger partial charge in [0.25, 0.3) is 0 Å². The van der Waals surface area contributed by atoms with Crippen LogP contribution in [0.5, 0.6) is 11.6 Å². The van der Waals surface area contributed by atoms with E-state index in [-0.39, 0.29) is 12.2 Å². The van der Waals surface area contributed by atoms with E-state index in [9.17, 15) is 5.11 Å². The molecule has 3 aromatic rings. The highest BCUT2D eigenvalue weighted by Crippen LogP contribution is 2.28. The van der Waals surface area contributed by atoms with E-state index in [0.29, 0.717) is 5.88 Å². The van der Waals surface area contributed by atoms with Gasteiger partial charge in [-0.1, -0.05) is 0 Å². The second kappa shape index (κ2) is 6.96. The number of aliphatic hydroxyl groups excluding tert-OH is 1. The summed E-state index contributed by atoms with van der Waals surface area (Å²) in [6.07, 6.45) is 5.03. The van der Waals surface area contributed by atoms with Gasteiger partial charge in [-0.05, 0) is 62.4 Å². The Bertz CT molecular complexity index is 914. The molecule has 1 aromatic carbocycles. The summed E-state index contributed by atoms with van der Waals surface area (Å²) in [5, 5.41) is 14.3. The van der Waals surface area contributed by atoms with Crippen molar-refractivity contribution in [3.63, 3.8) is 0 Å². The van der Waals surface area contributed by atoms with Crippen molar-refractivity contribution in [2.24, 2.45) is 0 Å². The maximum atomic E-state index is 9.64. The number of fused-ring (bicyclic) bond motifs is 1. The highest BCUT2D eigenvalue weighted by molar-refractivity contribution is 5.67. The number of benzene rings is 1. The number of methoxy groups -OCH3 is 1. The van der Waals surface area contributed by atoms with Gasteiger partial charge in [-0.3, -0.25) is 0 Å². The molecule has 26 heavy (non-hydrogen) atoms. The second-order valence-corrected chi connectivity index (χ2v) is 6.81. The summed E-state index contributed by atoms with van der Waals surface area (Å²) < 4.78 is 13.2. The minimum absolute atomic E-state index is 0.109. The van der Waals surface area contributed by atoms with Crippen molar-refractivity contribution in [1.82, 2.24) is 14.6 Å². The zero-order chi connectivity index (χ0) is 18.1. The van der Waals surface area contributed by atoms with E-state index in [1.54, 1.807) is 7.11 Å². The van der Waals surface area contributed by atoms with Crippen molar-refractivity contribution in [2.75, 3.05) is 7.11 Å². The standard InChI is InChI=1S/C20H23N3O3/c1-13-11-16(25-2)7-8-17(13)18-12-21-19-9-10-20(22-23(18)19)26-15-5-3-14(24)4-6-15/h7-12,14-15,24H,3-6H2,1-2H3/t14-,15-. The zero-order valence-electron chi connectivity index (χ0n) is 15.1. The Morgan fingerprint density at radius 2 is 1.92 bits per heavy atom.